The number of benzene rings is 1. The van der Waals surface area contributed by atoms with E-state index in [1.807, 2.05) is 13.8 Å². The average Bonchev–Trinajstić information content (AvgIpc) is 2.70. The van der Waals surface area contributed by atoms with Gasteiger partial charge in [-0.15, -0.1) is 0 Å². The standard InChI is InChI=1S/C22H32N2O5S/c1-6-7-8-9-19-10-11-22-20(12-19)29-21(14-23(5)18(4)26)16(2)13-24(17(3)15-25)30(22,27)28/h10-12,16-17,21,25H,6-7,13-15H2,1-5H3/t16-,17+,21+/m1/s1. The van der Waals surface area contributed by atoms with Gasteiger partial charge in [0, 0.05) is 44.5 Å². The van der Waals surface area contributed by atoms with Crippen molar-refractivity contribution in [3.63, 3.8) is 0 Å². The van der Waals surface area contributed by atoms with Crippen LogP contribution in [0, 0.1) is 17.8 Å². The highest BCUT2D eigenvalue weighted by atomic mass is 32.2. The molecule has 1 amide bonds. The Morgan fingerprint density at radius 1 is 1.43 bits per heavy atom. The summed E-state index contributed by atoms with van der Waals surface area (Å²) >= 11 is 0. The van der Waals surface area contributed by atoms with E-state index in [0.29, 0.717) is 12.1 Å². The Kier molecular flexibility index (Phi) is 8.30. The molecule has 0 aliphatic carbocycles. The summed E-state index contributed by atoms with van der Waals surface area (Å²) in [5, 5.41) is 9.66. The van der Waals surface area contributed by atoms with Crippen LogP contribution >= 0.6 is 0 Å². The van der Waals surface area contributed by atoms with Gasteiger partial charge in [-0.3, -0.25) is 4.79 Å². The Morgan fingerprint density at radius 2 is 2.13 bits per heavy atom. The molecule has 0 bridgehead atoms. The number of nitrogens with zero attached hydrogens (tertiary/aromatic N) is 2. The smallest absolute Gasteiger partial charge is 0.247 e. The zero-order chi connectivity index (χ0) is 22.5. The molecule has 3 atom stereocenters. The zero-order valence-electron chi connectivity index (χ0n) is 18.4. The summed E-state index contributed by atoms with van der Waals surface area (Å²) < 4.78 is 34.2. The Balaban J connectivity index is 2.57. The van der Waals surface area contributed by atoms with Gasteiger partial charge in [0.1, 0.15) is 16.7 Å². The lowest BCUT2D eigenvalue weighted by Gasteiger charge is -2.37. The summed E-state index contributed by atoms with van der Waals surface area (Å²) in [5.41, 5.74) is 0.672. The first-order valence-electron chi connectivity index (χ1n) is 10.3. The van der Waals surface area contributed by atoms with Crippen LogP contribution in [0.15, 0.2) is 23.1 Å². The van der Waals surface area contributed by atoms with Gasteiger partial charge in [0.05, 0.1) is 13.2 Å². The first kappa shape index (κ1) is 24.2. The fourth-order valence-corrected chi connectivity index (χ4v) is 5.04. The molecular weight excluding hydrogens is 404 g/mol. The minimum absolute atomic E-state index is 0.0474. The van der Waals surface area contributed by atoms with Gasteiger partial charge in [0.25, 0.3) is 0 Å². The van der Waals surface area contributed by atoms with Gasteiger partial charge in [0.15, 0.2) is 0 Å². The first-order valence-corrected chi connectivity index (χ1v) is 11.7. The topological polar surface area (TPSA) is 87.2 Å². The lowest BCUT2D eigenvalue weighted by Crippen LogP contribution is -2.50. The highest BCUT2D eigenvalue weighted by Gasteiger charge is 2.38. The second kappa shape index (κ2) is 10.3. The van der Waals surface area contributed by atoms with E-state index in [-0.39, 0.29) is 35.6 Å². The number of aliphatic hydroxyl groups is 1. The molecule has 1 heterocycles. The number of hydrogen-bond donors (Lipinski definition) is 1. The van der Waals surface area contributed by atoms with E-state index in [0.717, 1.165) is 12.8 Å². The van der Waals surface area contributed by atoms with E-state index < -0.39 is 22.2 Å². The van der Waals surface area contributed by atoms with E-state index in [1.54, 1.807) is 31.0 Å². The molecule has 30 heavy (non-hydrogen) atoms. The fourth-order valence-electron chi connectivity index (χ4n) is 3.21. The third-order valence-corrected chi connectivity index (χ3v) is 7.29. The SMILES string of the molecule is CCCC#Cc1ccc2c(c1)O[C@@H](CN(C)C(C)=O)[C@H](C)CN([C@@H](C)CO)S2(=O)=O. The summed E-state index contributed by atoms with van der Waals surface area (Å²) in [5.74, 6) is 6.02. The molecule has 8 heteroatoms. The van der Waals surface area contributed by atoms with E-state index in [1.165, 1.54) is 17.3 Å². The van der Waals surface area contributed by atoms with Crippen molar-refractivity contribution in [2.75, 3.05) is 26.7 Å². The molecule has 7 nitrogen and oxygen atoms in total. The van der Waals surface area contributed by atoms with Crippen molar-refractivity contribution >= 4 is 15.9 Å². The number of ether oxygens (including phenoxy) is 1. The monoisotopic (exact) mass is 436 g/mol. The maximum absolute atomic E-state index is 13.4. The highest BCUT2D eigenvalue weighted by Crippen LogP contribution is 2.34. The summed E-state index contributed by atoms with van der Waals surface area (Å²) in [6.07, 6.45) is 1.27. The van der Waals surface area contributed by atoms with Gasteiger partial charge >= 0.3 is 0 Å². The van der Waals surface area contributed by atoms with E-state index in [9.17, 15) is 18.3 Å². The van der Waals surface area contributed by atoms with Crippen LogP contribution < -0.4 is 4.74 Å². The van der Waals surface area contributed by atoms with Crippen LogP contribution in [0.25, 0.3) is 0 Å². The van der Waals surface area contributed by atoms with Gasteiger partial charge in [-0.25, -0.2) is 8.42 Å². The Labute approximate surface area is 180 Å². The predicted molar refractivity (Wildman–Crippen MR) is 116 cm³/mol. The summed E-state index contributed by atoms with van der Waals surface area (Å²) in [4.78, 5) is 13.4. The summed E-state index contributed by atoms with van der Waals surface area (Å²) in [6, 6.07) is 4.25. The maximum atomic E-state index is 13.4. The van der Waals surface area contributed by atoms with Crippen molar-refractivity contribution in [2.45, 2.75) is 57.6 Å². The molecular formula is C22H32N2O5S. The highest BCUT2D eigenvalue weighted by molar-refractivity contribution is 7.89. The molecule has 1 aliphatic rings. The van der Waals surface area contributed by atoms with Gasteiger partial charge in [0.2, 0.25) is 15.9 Å². The lowest BCUT2D eigenvalue weighted by atomic mass is 10.0. The summed E-state index contributed by atoms with van der Waals surface area (Å²) in [6.45, 7) is 7.30. The van der Waals surface area contributed by atoms with E-state index in [2.05, 4.69) is 11.8 Å². The van der Waals surface area contributed by atoms with Crippen molar-refractivity contribution in [2.24, 2.45) is 5.92 Å². The van der Waals surface area contributed by atoms with Crippen molar-refractivity contribution in [3.8, 4) is 17.6 Å². The third kappa shape index (κ3) is 5.54. The Bertz CT molecular complexity index is 919. The molecule has 1 N–H and O–H groups in total. The zero-order valence-corrected chi connectivity index (χ0v) is 19.2. The van der Waals surface area contributed by atoms with Crippen molar-refractivity contribution in [1.29, 1.82) is 0 Å². The number of likely N-dealkylation sites (N-methyl/N-ethyl adjacent to an activating group) is 1. The fraction of sp³-hybridized carbons (Fsp3) is 0.591. The number of sulfonamides is 1. The van der Waals surface area contributed by atoms with Gasteiger partial charge < -0.3 is 14.7 Å². The number of unbranched alkanes of at least 4 members (excludes halogenated alkanes) is 1. The van der Waals surface area contributed by atoms with Crippen molar-refractivity contribution < 1.29 is 23.1 Å². The van der Waals surface area contributed by atoms with Crippen LogP contribution in [0.5, 0.6) is 5.75 Å². The molecule has 0 unspecified atom stereocenters. The molecule has 0 aromatic heterocycles. The number of carbonyl (C=O) groups excluding carboxylic acids is 1. The number of hydrogen-bond acceptors (Lipinski definition) is 5. The molecule has 166 valence electrons. The molecule has 0 spiro atoms. The molecule has 0 fully saturated rings. The van der Waals surface area contributed by atoms with Crippen LogP contribution in [0.4, 0.5) is 0 Å². The predicted octanol–water partition coefficient (Wildman–Crippen LogP) is 2.09. The van der Waals surface area contributed by atoms with E-state index in [4.69, 9.17) is 4.74 Å². The van der Waals surface area contributed by atoms with Crippen LogP contribution in [-0.4, -0.2) is 67.5 Å². The largest absolute Gasteiger partial charge is 0.487 e. The number of fused-ring (bicyclic) bond motifs is 1. The second-order valence-corrected chi connectivity index (χ2v) is 9.71. The maximum Gasteiger partial charge on any atom is 0.247 e. The number of aliphatic hydroxyl groups excluding tert-OH is 1. The molecule has 0 saturated heterocycles. The van der Waals surface area contributed by atoms with Crippen molar-refractivity contribution in [3.05, 3.63) is 23.8 Å². The lowest BCUT2D eigenvalue weighted by molar-refractivity contribution is -0.129. The second-order valence-electron chi connectivity index (χ2n) is 7.85. The Morgan fingerprint density at radius 3 is 2.73 bits per heavy atom. The van der Waals surface area contributed by atoms with Gasteiger partial charge in [-0.1, -0.05) is 25.7 Å². The number of rotatable bonds is 5. The van der Waals surface area contributed by atoms with Gasteiger partial charge in [-0.05, 0) is 31.5 Å². The molecule has 0 radical (unpaired) electrons. The van der Waals surface area contributed by atoms with Crippen LogP contribution in [-0.2, 0) is 14.8 Å². The minimum atomic E-state index is -3.88. The van der Waals surface area contributed by atoms with Gasteiger partial charge in [-0.2, -0.15) is 4.31 Å². The first-order chi connectivity index (χ1) is 14.1. The number of carbonyl (C=O) groups is 1. The average molecular weight is 437 g/mol. The molecule has 2 rings (SSSR count). The Hall–Kier alpha value is -2.08. The van der Waals surface area contributed by atoms with Crippen LogP contribution in [0.3, 0.4) is 0 Å². The molecule has 1 aromatic rings. The van der Waals surface area contributed by atoms with Crippen LogP contribution in [0.1, 0.15) is 46.1 Å². The minimum Gasteiger partial charge on any atom is -0.487 e. The number of amides is 1. The quantitative estimate of drug-likeness (QED) is 0.714. The van der Waals surface area contributed by atoms with Crippen molar-refractivity contribution in [1.82, 2.24) is 9.21 Å². The molecule has 0 saturated carbocycles. The van der Waals surface area contributed by atoms with E-state index >= 15 is 0 Å². The molecule has 1 aliphatic heterocycles. The van der Waals surface area contributed by atoms with Crippen LogP contribution in [0.2, 0.25) is 0 Å². The third-order valence-electron chi connectivity index (χ3n) is 5.27. The summed E-state index contributed by atoms with van der Waals surface area (Å²) in [7, 11) is -2.19. The molecule has 1 aromatic carbocycles. The normalized spacial score (nSPS) is 21.8.